The summed E-state index contributed by atoms with van der Waals surface area (Å²) in [5, 5.41) is 7.25. The molecule has 2 aromatic carbocycles. The van der Waals surface area contributed by atoms with Crippen molar-refractivity contribution in [2.75, 3.05) is 5.32 Å². The van der Waals surface area contributed by atoms with Crippen LogP contribution in [0.2, 0.25) is 0 Å². The van der Waals surface area contributed by atoms with E-state index in [1.807, 2.05) is 48.5 Å². The van der Waals surface area contributed by atoms with Crippen molar-refractivity contribution < 1.29 is 9.48 Å². The van der Waals surface area contributed by atoms with E-state index in [0.29, 0.717) is 11.6 Å². The second-order valence-corrected chi connectivity index (χ2v) is 5.60. The van der Waals surface area contributed by atoms with E-state index in [9.17, 15) is 4.79 Å². The average Bonchev–Trinajstić information content (AvgIpc) is 2.83. The zero-order chi connectivity index (χ0) is 15.7. The molecule has 0 spiro atoms. The molecule has 0 saturated heterocycles. The Balaban J connectivity index is 1.98. The van der Waals surface area contributed by atoms with E-state index in [1.54, 1.807) is 0 Å². The Hall–Kier alpha value is -2.75. The summed E-state index contributed by atoms with van der Waals surface area (Å²) in [5.74, 6) is 0.220. The lowest BCUT2D eigenvalue weighted by Gasteiger charge is -2.06. The summed E-state index contributed by atoms with van der Waals surface area (Å²) in [4.78, 5) is 12.2. The first-order valence-corrected chi connectivity index (χ1v) is 7.26. The third-order valence-electron chi connectivity index (χ3n) is 3.70. The fourth-order valence-corrected chi connectivity index (χ4v) is 2.41. The number of hydrazone groups is 1. The fourth-order valence-electron chi connectivity index (χ4n) is 2.41. The molecule has 1 amide bonds. The Bertz CT molecular complexity index is 776. The van der Waals surface area contributed by atoms with Gasteiger partial charge in [-0.2, -0.15) is 0 Å². The molecule has 0 radical (unpaired) electrons. The summed E-state index contributed by atoms with van der Waals surface area (Å²) in [5.41, 5.74) is 4.05. The minimum absolute atomic E-state index is 0.194. The summed E-state index contributed by atoms with van der Waals surface area (Å²) >= 11 is 0. The van der Waals surface area contributed by atoms with E-state index in [2.05, 4.69) is 31.0 Å². The highest BCUT2D eigenvalue weighted by Crippen LogP contribution is 2.28. The van der Waals surface area contributed by atoms with Crippen molar-refractivity contribution in [3.05, 3.63) is 59.7 Å². The number of carbonyl (C=O) groups excluding carboxylic acids is 1. The van der Waals surface area contributed by atoms with Crippen LogP contribution in [0.25, 0.3) is 0 Å². The molecular weight excluding hydrogens is 274 g/mol. The Labute approximate surface area is 129 Å². The molecular formula is C18H18N3O+. The maximum Gasteiger partial charge on any atom is 0.281 e. The van der Waals surface area contributed by atoms with Gasteiger partial charge >= 0.3 is 0 Å². The van der Waals surface area contributed by atoms with Crippen molar-refractivity contribution in [2.45, 2.75) is 19.8 Å². The largest absolute Gasteiger partial charge is 0.320 e. The highest BCUT2D eigenvalue weighted by molar-refractivity contribution is 6.53. The monoisotopic (exact) mass is 292 g/mol. The second-order valence-electron chi connectivity index (χ2n) is 5.60. The van der Waals surface area contributed by atoms with Gasteiger partial charge in [-0.15, -0.1) is 0 Å². The molecule has 22 heavy (non-hydrogen) atoms. The number of nitrogens with zero attached hydrogens (tertiary/aromatic N) is 2. The van der Waals surface area contributed by atoms with Gasteiger partial charge in [-0.3, -0.25) is 4.79 Å². The van der Waals surface area contributed by atoms with E-state index >= 15 is 0 Å². The summed E-state index contributed by atoms with van der Waals surface area (Å²) in [7, 11) is 0. The number of carbonyl (C=O) groups is 1. The van der Waals surface area contributed by atoms with Crippen LogP contribution in [0, 0.1) is 0 Å². The van der Waals surface area contributed by atoms with Crippen molar-refractivity contribution in [3.8, 4) is 0 Å². The Morgan fingerprint density at radius 2 is 1.86 bits per heavy atom. The van der Waals surface area contributed by atoms with Crippen LogP contribution >= 0.6 is 0 Å². The fraction of sp³-hybridized carbons (Fsp3) is 0.167. The maximum absolute atomic E-state index is 12.2. The molecule has 4 heteroatoms. The van der Waals surface area contributed by atoms with E-state index in [0.717, 1.165) is 16.9 Å². The molecule has 0 fully saturated rings. The van der Waals surface area contributed by atoms with Crippen molar-refractivity contribution in [3.63, 3.8) is 0 Å². The van der Waals surface area contributed by atoms with Gasteiger partial charge in [-0.25, -0.2) is 0 Å². The van der Waals surface area contributed by atoms with Crippen molar-refractivity contribution in [2.24, 2.45) is 5.10 Å². The molecule has 0 aromatic heterocycles. The summed E-state index contributed by atoms with van der Waals surface area (Å²) in [6.07, 6.45) is 0. The van der Waals surface area contributed by atoms with Gasteiger partial charge in [0.1, 0.15) is 0 Å². The van der Waals surface area contributed by atoms with Crippen molar-refractivity contribution >= 4 is 29.7 Å². The molecule has 0 unspecified atom stereocenters. The Morgan fingerprint density at radius 1 is 1.14 bits per heavy atom. The van der Waals surface area contributed by atoms with E-state index < -0.39 is 0 Å². The third-order valence-corrected chi connectivity index (χ3v) is 3.70. The topological polar surface area (TPSA) is 44.5 Å². The molecule has 110 valence electrons. The summed E-state index contributed by atoms with van der Waals surface area (Å²) < 4.78 is 1.47. The van der Waals surface area contributed by atoms with E-state index in [4.69, 9.17) is 0 Å². The van der Waals surface area contributed by atoms with Crippen LogP contribution in [0.15, 0.2) is 53.6 Å². The van der Waals surface area contributed by atoms with Crippen molar-refractivity contribution in [1.29, 1.82) is 0 Å². The van der Waals surface area contributed by atoms with Crippen molar-refractivity contribution in [1.82, 2.24) is 0 Å². The predicted octanol–water partition coefficient (Wildman–Crippen LogP) is 3.51. The first kappa shape index (κ1) is 14.2. The standard InChI is InChI=1S/C18H17N3O/c1-12(2)13-9-10-15-16(11-13)19-18(22)17(15)20-21(3)14-7-5-4-6-8-14/h4-12H,3H2,1-2H3/p+1. The highest BCUT2D eigenvalue weighted by atomic mass is 16.2. The third kappa shape index (κ3) is 2.55. The lowest BCUT2D eigenvalue weighted by molar-refractivity contribution is -0.435. The average molecular weight is 292 g/mol. The molecule has 3 rings (SSSR count). The number of fused-ring (bicyclic) bond motifs is 1. The molecule has 1 N–H and O–H groups in total. The lowest BCUT2D eigenvalue weighted by Crippen LogP contribution is -2.16. The minimum atomic E-state index is -0.194. The molecule has 1 aliphatic heterocycles. The van der Waals surface area contributed by atoms with Crippen LogP contribution in [0.1, 0.15) is 30.9 Å². The number of hydrogen-bond acceptors (Lipinski definition) is 2. The molecule has 2 aromatic rings. The van der Waals surface area contributed by atoms with Crippen LogP contribution in [0.5, 0.6) is 0 Å². The molecule has 4 nitrogen and oxygen atoms in total. The predicted molar refractivity (Wildman–Crippen MR) is 89.2 cm³/mol. The molecule has 1 aliphatic rings. The van der Waals surface area contributed by atoms with Gasteiger partial charge in [0.05, 0.1) is 5.69 Å². The van der Waals surface area contributed by atoms with Gasteiger partial charge in [-0.05, 0) is 23.6 Å². The molecule has 0 saturated carbocycles. The zero-order valence-corrected chi connectivity index (χ0v) is 12.7. The number of para-hydroxylation sites is 1. The van der Waals surface area contributed by atoms with Gasteiger partial charge in [0.2, 0.25) is 11.4 Å². The Kier molecular flexibility index (Phi) is 3.59. The number of amides is 1. The maximum atomic E-state index is 12.2. The highest BCUT2D eigenvalue weighted by Gasteiger charge is 2.29. The molecule has 0 aliphatic carbocycles. The number of hydrogen-bond donors (Lipinski definition) is 1. The Morgan fingerprint density at radius 3 is 2.55 bits per heavy atom. The number of nitrogens with one attached hydrogen (secondary N) is 1. The second kappa shape index (κ2) is 5.56. The zero-order valence-electron chi connectivity index (χ0n) is 12.7. The van der Waals surface area contributed by atoms with Crippen LogP contribution in [0.4, 0.5) is 11.4 Å². The number of rotatable bonds is 3. The van der Waals surface area contributed by atoms with Gasteiger partial charge in [0.25, 0.3) is 5.91 Å². The van der Waals surface area contributed by atoms with E-state index in [-0.39, 0.29) is 5.91 Å². The minimum Gasteiger partial charge on any atom is -0.320 e. The van der Waals surface area contributed by atoms with E-state index in [1.165, 1.54) is 10.2 Å². The van der Waals surface area contributed by atoms with Crippen LogP contribution in [-0.2, 0) is 4.79 Å². The normalized spacial score (nSPS) is 15.0. The van der Waals surface area contributed by atoms with Crippen LogP contribution in [0.3, 0.4) is 0 Å². The smallest absolute Gasteiger partial charge is 0.281 e. The SMILES string of the molecule is C=[N+](N=C1C(=O)Nc2cc(C(C)C)ccc21)c1ccccc1. The lowest BCUT2D eigenvalue weighted by atomic mass is 10.00. The molecule has 0 atom stereocenters. The quantitative estimate of drug-likeness (QED) is 0.525. The summed E-state index contributed by atoms with van der Waals surface area (Å²) in [6.45, 7) is 8.14. The van der Waals surface area contributed by atoms with Gasteiger partial charge in [0, 0.05) is 22.8 Å². The van der Waals surface area contributed by atoms with Crippen LogP contribution < -0.4 is 5.32 Å². The van der Waals surface area contributed by atoms with Gasteiger partial charge < -0.3 is 5.32 Å². The first-order chi connectivity index (χ1) is 10.6. The van der Waals surface area contributed by atoms with Gasteiger partial charge in [-0.1, -0.05) is 42.8 Å². The number of anilines is 1. The van der Waals surface area contributed by atoms with Gasteiger partial charge in [0.15, 0.2) is 6.72 Å². The van der Waals surface area contributed by atoms with Crippen LogP contribution in [-0.4, -0.2) is 23.0 Å². The molecule has 0 bridgehead atoms. The first-order valence-electron chi connectivity index (χ1n) is 7.26. The summed E-state index contributed by atoms with van der Waals surface area (Å²) in [6, 6.07) is 15.5. The molecule has 1 heterocycles. The number of benzene rings is 2.